The van der Waals surface area contributed by atoms with E-state index in [0.717, 1.165) is 5.70 Å². The number of primary amides is 1. The first-order valence-corrected chi connectivity index (χ1v) is 4.20. The second-order valence-corrected chi connectivity index (χ2v) is 3.03. The van der Waals surface area contributed by atoms with E-state index in [1.807, 2.05) is 19.2 Å². The van der Waals surface area contributed by atoms with Gasteiger partial charge in [0.25, 0.3) is 0 Å². The lowest BCUT2D eigenvalue weighted by Crippen LogP contribution is -2.53. The predicted octanol–water partition coefficient (Wildman–Crippen LogP) is -0.507. The molecule has 0 aromatic heterocycles. The van der Waals surface area contributed by atoms with E-state index in [-0.39, 0.29) is 5.91 Å². The van der Waals surface area contributed by atoms with Gasteiger partial charge in [-0.1, -0.05) is 12.2 Å². The maximum atomic E-state index is 11.2. The van der Waals surface area contributed by atoms with Gasteiger partial charge in [0.15, 0.2) is 0 Å². The number of carbonyl (C=O) groups is 1. The van der Waals surface area contributed by atoms with Crippen molar-refractivity contribution in [3.8, 4) is 0 Å². The molecule has 0 saturated carbocycles. The summed E-state index contributed by atoms with van der Waals surface area (Å²) in [4.78, 5) is 11.2. The highest BCUT2D eigenvalue weighted by atomic mass is 16.1. The third kappa shape index (κ3) is 1.72. The Morgan fingerprint density at radius 2 is 2.31 bits per heavy atom. The van der Waals surface area contributed by atoms with E-state index in [4.69, 9.17) is 5.73 Å². The molecule has 0 aliphatic heterocycles. The topological polar surface area (TPSA) is 67.2 Å². The summed E-state index contributed by atoms with van der Waals surface area (Å²) in [6.45, 7) is 0. The molecule has 1 atom stereocenters. The monoisotopic (exact) mass is 181 g/mol. The highest BCUT2D eigenvalue weighted by molar-refractivity contribution is 5.87. The lowest BCUT2D eigenvalue weighted by Gasteiger charge is -2.28. The minimum Gasteiger partial charge on any atom is -0.388 e. The second kappa shape index (κ2) is 3.62. The summed E-state index contributed by atoms with van der Waals surface area (Å²) >= 11 is 0. The maximum absolute atomic E-state index is 11.2. The molecule has 0 radical (unpaired) electrons. The molecular formula is C9H15N3O. The van der Waals surface area contributed by atoms with Crippen LogP contribution in [-0.2, 0) is 4.79 Å². The van der Waals surface area contributed by atoms with Crippen molar-refractivity contribution in [1.82, 2.24) is 10.6 Å². The average Bonchev–Trinajstić information content (AvgIpc) is 2.17. The molecule has 4 nitrogen and oxygen atoms in total. The van der Waals surface area contributed by atoms with Gasteiger partial charge in [-0.05, 0) is 19.5 Å². The van der Waals surface area contributed by atoms with Crippen LogP contribution in [0, 0.1) is 0 Å². The Morgan fingerprint density at radius 1 is 1.62 bits per heavy atom. The van der Waals surface area contributed by atoms with Crippen LogP contribution in [0.15, 0.2) is 23.9 Å². The number of carbonyl (C=O) groups excluding carboxylic acids is 1. The molecule has 0 bridgehead atoms. The molecule has 1 rings (SSSR count). The van der Waals surface area contributed by atoms with Crippen LogP contribution in [0.3, 0.4) is 0 Å². The smallest absolute Gasteiger partial charge is 0.242 e. The van der Waals surface area contributed by atoms with Crippen molar-refractivity contribution < 1.29 is 4.79 Å². The molecule has 1 unspecified atom stereocenters. The first kappa shape index (κ1) is 9.80. The van der Waals surface area contributed by atoms with E-state index < -0.39 is 5.54 Å². The van der Waals surface area contributed by atoms with Crippen LogP contribution in [0.4, 0.5) is 0 Å². The Bertz CT molecular complexity index is 270. The third-order valence-corrected chi connectivity index (χ3v) is 2.37. The van der Waals surface area contributed by atoms with E-state index >= 15 is 0 Å². The summed E-state index contributed by atoms with van der Waals surface area (Å²) in [6, 6.07) is 0. The van der Waals surface area contributed by atoms with Crippen LogP contribution in [-0.4, -0.2) is 25.5 Å². The van der Waals surface area contributed by atoms with Crippen LogP contribution < -0.4 is 16.4 Å². The zero-order valence-corrected chi connectivity index (χ0v) is 7.92. The van der Waals surface area contributed by atoms with Gasteiger partial charge in [-0.25, -0.2) is 0 Å². The fourth-order valence-electron chi connectivity index (χ4n) is 1.32. The molecule has 0 fully saturated rings. The number of hydrogen-bond donors (Lipinski definition) is 3. The molecule has 1 aliphatic carbocycles. The highest BCUT2D eigenvalue weighted by Crippen LogP contribution is 2.18. The van der Waals surface area contributed by atoms with Crippen LogP contribution in [0.5, 0.6) is 0 Å². The van der Waals surface area contributed by atoms with Crippen molar-refractivity contribution in [3.63, 3.8) is 0 Å². The van der Waals surface area contributed by atoms with Gasteiger partial charge in [-0.2, -0.15) is 0 Å². The molecule has 1 amide bonds. The lowest BCUT2D eigenvalue weighted by atomic mass is 9.90. The van der Waals surface area contributed by atoms with Crippen LogP contribution in [0.1, 0.15) is 6.42 Å². The predicted molar refractivity (Wildman–Crippen MR) is 51.9 cm³/mol. The molecular weight excluding hydrogens is 166 g/mol. The Labute approximate surface area is 77.9 Å². The van der Waals surface area contributed by atoms with Crippen molar-refractivity contribution in [2.75, 3.05) is 14.1 Å². The van der Waals surface area contributed by atoms with Gasteiger partial charge >= 0.3 is 0 Å². The Morgan fingerprint density at radius 3 is 2.62 bits per heavy atom. The zero-order valence-electron chi connectivity index (χ0n) is 7.92. The summed E-state index contributed by atoms with van der Waals surface area (Å²) in [5.74, 6) is -0.349. The van der Waals surface area contributed by atoms with Gasteiger partial charge in [0.05, 0.1) is 0 Å². The van der Waals surface area contributed by atoms with Crippen molar-refractivity contribution in [2.45, 2.75) is 12.0 Å². The molecule has 0 aromatic carbocycles. The van der Waals surface area contributed by atoms with Gasteiger partial charge < -0.3 is 16.4 Å². The number of nitrogens with one attached hydrogen (secondary N) is 2. The van der Waals surface area contributed by atoms with Gasteiger partial charge in [0, 0.05) is 12.7 Å². The lowest BCUT2D eigenvalue weighted by molar-refractivity contribution is -0.122. The Kier molecular flexibility index (Phi) is 2.72. The van der Waals surface area contributed by atoms with E-state index in [1.165, 1.54) is 0 Å². The van der Waals surface area contributed by atoms with E-state index in [1.54, 1.807) is 13.1 Å². The molecule has 4 N–H and O–H groups in total. The van der Waals surface area contributed by atoms with Gasteiger partial charge in [0.2, 0.25) is 5.91 Å². The van der Waals surface area contributed by atoms with E-state index in [9.17, 15) is 4.79 Å². The Hall–Kier alpha value is -1.29. The van der Waals surface area contributed by atoms with Crippen LogP contribution in [0.2, 0.25) is 0 Å². The molecule has 0 heterocycles. The van der Waals surface area contributed by atoms with Crippen molar-refractivity contribution >= 4 is 5.91 Å². The number of hydrogen-bond acceptors (Lipinski definition) is 3. The SMILES string of the molecule is CNC1=CCC(NC)(C(N)=O)C=C1. The number of nitrogens with two attached hydrogens (primary N) is 1. The number of amides is 1. The van der Waals surface area contributed by atoms with Crippen molar-refractivity contribution in [2.24, 2.45) is 5.73 Å². The number of rotatable bonds is 3. The summed E-state index contributed by atoms with van der Waals surface area (Å²) in [5, 5.41) is 5.93. The van der Waals surface area contributed by atoms with Gasteiger partial charge in [-0.15, -0.1) is 0 Å². The number of likely N-dealkylation sites (N-methyl/N-ethyl adjacent to an activating group) is 2. The molecule has 0 saturated heterocycles. The fourth-order valence-corrected chi connectivity index (χ4v) is 1.32. The summed E-state index contributed by atoms with van der Waals surface area (Å²) in [7, 11) is 3.57. The second-order valence-electron chi connectivity index (χ2n) is 3.03. The molecule has 4 heteroatoms. The van der Waals surface area contributed by atoms with Crippen molar-refractivity contribution in [1.29, 1.82) is 0 Å². The zero-order chi connectivity index (χ0) is 9.90. The minimum atomic E-state index is -0.708. The Balaban J connectivity index is 2.83. The van der Waals surface area contributed by atoms with E-state index in [0.29, 0.717) is 6.42 Å². The molecule has 1 aliphatic rings. The van der Waals surface area contributed by atoms with Crippen LogP contribution >= 0.6 is 0 Å². The first-order chi connectivity index (χ1) is 6.14. The van der Waals surface area contributed by atoms with Gasteiger partial charge in [0.1, 0.15) is 5.54 Å². The van der Waals surface area contributed by atoms with E-state index in [2.05, 4.69) is 10.6 Å². The third-order valence-electron chi connectivity index (χ3n) is 2.37. The largest absolute Gasteiger partial charge is 0.388 e. The fraction of sp³-hybridized carbons (Fsp3) is 0.444. The van der Waals surface area contributed by atoms with Crippen molar-refractivity contribution in [3.05, 3.63) is 23.9 Å². The quantitative estimate of drug-likeness (QED) is 0.549. The first-order valence-electron chi connectivity index (χ1n) is 4.20. The molecule has 72 valence electrons. The average molecular weight is 181 g/mol. The molecule has 0 aromatic rings. The standard InChI is InChI=1S/C9H15N3O/c1-11-7-3-5-9(12-2,6-4-7)8(10)13/h3-5,11-12H,6H2,1-2H3,(H2,10,13). The highest BCUT2D eigenvalue weighted by Gasteiger charge is 2.32. The maximum Gasteiger partial charge on any atom is 0.242 e. The summed E-state index contributed by atoms with van der Waals surface area (Å²) in [6.07, 6.45) is 6.18. The number of allylic oxidation sites excluding steroid dienone is 1. The normalized spacial score (nSPS) is 26.8. The summed E-state index contributed by atoms with van der Waals surface area (Å²) < 4.78 is 0. The molecule has 13 heavy (non-hydrogen) atoms. The summed E-state index contributed by atoms with van der Waals surface area (Å²) in [5.41, 5.74) is 5.60. The van der Waals surface area contributed by atoms with Crippen LogP contribution in [0.25, 0.3) is 0 Å². The molecule has 0 spiro atoms. The van der Waals surface area contributed by atoms with Gasteiger partial charge in [-0.3, -0.25) is 4.79 Å². The minimum absolute atomic E-state index is 0.349.